The summed E-state index contributed by atoms with van der Waals surface area (Å²) in [7, 11) is 3.51. The molecule has 2 aliphatic rings. The number of esters is 2. The molecule has 24 heavy (non-hydrogen) atoms. The van der Waals surface area contributed by atoms with Crippen molar-refractivity contribution < 1.29 is 24.0 Å². The predicted octanol–water partition coefficient (Wildman–Crippen LogP) is 0.850. The number of fused-ring (bicyclic) bond motifs is 2. The molecule has 2 saturated heterocycles. The average molecular weight is 330 g/mol. The lowest BCUT2D eigenvalue weighted by Gasteiger charge is -2.37. The Kier molecular flexibility index (Phi) is 5.00. The van der Waals surface area contributed by atoms with Gasteiger partial charge in [-0.3, -0.25) is 4.79 Å². The lowest BCUT2D eigenvalue weighted by molar-refractivity contribution is -0.926. The molecule has 128 valence electrons. The van der Waals surface area contributed by atoms with Gasteiger partial charge in [-0.25, -0.2) is 4.79 Å². The van der Waals surface area contributed by atoms with Crippen molar-refractivity contribution in [1.29, 1.82) is 0 Å². The van der Waals surface area contributed by atoms with Gasteiger partial charge in [-0.1, -0.05) is 30.3 Å². The van der Waals surface area contributed by atoms with Crippen LogP contribution in [-0.2, 0) is 19.1 Å². The van der Waals surface area contributed by atoms with Crippen molar-refractivity contribution in [2.75, 3.05) is 14.2 Å². The van der Waals surface area contributed by atoms with Crippen LogP contribution in [0.1, 0.15) is 24.8 Å². The van der Waals surface area contributed by atoms with Crippen molar-refractivity contribution in [3.63, 3.8) is 0 Å². The molecule has 2 aliphatic heterocycles. The van der Waals surface area contributed by atoms with Crippen LogP contribution < -0.4 is 4.90 Å². The fourth-order valence-electron chi connectivity index (χ4n) is 4.08. The van der Waals surface area contributed by atoms with Gasteiger partial charge in [0, 0.05) is 25.3 Å². The fraction of sp³-hybridized carbons (Fsp3) is 0.474. The minimum absolute atomic E-state index is 0.173. The van der Waals surface area contributed by atoms with Crippen LogP contribution in [0.15, 0.2) is 36.4 Å². The third kappa shape index (κ3) is 3.36. The van der Waals surface area contributed by atoms with Gasteiger partial charge in [0.1, 0.15) is 18.1 Å². The quantitative estimate of drug-likeness (QED) is 0.657. The third-order valence-electron chi connectivity index (χ3n) is 5.36. The van der Waals surface area contributed by atoms with Crippen LogP contribution in [0.3, 0.4) is 0 Å². The Labute approximate surface area is 142 Å². The van der Waals surface area contributed by atoms with Gasteiger partial charge in [-0.05, 0) is 11.6 Å². The van der Waals surface area contributed by atoms with Gasteiger partial charge in [0.15, 0.2) is 0 Å². The monoisotopic (exact) mass is 330 g/mol. The van der Waals surface area contributed by atoms with Crippen molar-refractivity contribution >= 4 is 18.0 Å². The van der Waals surface area contributed by atoms with E-state index in [9.17, 15) is 9.59 Å². The van der Waals surface area contributed by atoms with Crippen LogP contribution >= 0.6 is 0 Å². The molecule has 0 spiro atoms. The first-order valence-electron chi connectivity index (χ1n) is 8.45. The Morgan fingerprint density at radius 1 is 1.21 bits per heavy atom. The van der Waals surface area contributed by atoms with Crippen molar-refractivity contribution in [3.8, 4) is 0 Å². The molecule has 3 rings (SSSR count). The molecule has 1 N–H and O–H groups in total. The van der Waals surface area contributed by atoms with Gasteiger partial charge < -0.3 is 14.4 Å². The van der Waals surface area contributed by atoms with Crippen LogP contribution in [0.4, 0.5) is 0 Å². The van der Waals surface area contributed by atoms with Gasteiger partial charge >= 0.3 is 11.9 Å². The molecule has 2 heterocycles. The number of piperidine rings is 1. The summed E-state index contributed by atoms with van der Waals surface area (Å²) in [6, 6.07) is 10.2. The molecule has 0 saturated carbocycles. The zero-order valence-electron chi connectivity index (χ0n) is 14.1. The van der Waals surface area contributed by atoms with Crippen LogP contribution in [0.5, 0.6) is 0 Å². The summed E-state index contributed by atoms with van der Waals surface area (Å²) in [5.41, 5.74) is 0.937. The maximum absolute atomic E-state index is 12.2. The second-order valence-corrected chi connectivity index (χ2v) is 6.63. The highest BCUT2D eigenvalue weighted by atomic mass is 16.6. The van der Waals surface area contributed by atoms with E-state index in [0.717, 1.165) is 18.4 Å². The van der Waals surface area contributed by atoms with Gasteiger partial charge in [0.05, 0.1) is 20.2 Å². The molecule has 5 heteroatoms. The SMILES string of the molecule is COC(=O)[C@H]1[C@@H](OC(=O)/C=C/c2ccccc2)C[C@H]2CC[C@H]1[NH+]2C. The summed E-state index contributed by atoms with van der Waals surface area (Å²) < 4.78 is 10.6. The van der Waals surface area contributed by atoms with E-state index in [0.29, 0.717) is 12.5 Å². The van der Waals surface area contributed by atoms with E-state index in [1.807, 2.05) is 30.3 Å². The summed E-state index contributed by atoms with van der Waals surface area (Å²) in [4.78, 5) is 25.8. The zero-order valence-corrected chi connectivity index (χ0v) is 14.1. The van der Waals surface area contributed by atoms with Crippen LogP contribution in [0, 0.1) is 5.92 Å². The maximum Gasteiger partial charge on any atom is 0.331 e. The first-order chi connectivity index (χ1) is 11.6. The molecule has 0 radical (unpaired) electrons. The molecule has 1 aromatic carbocycles. The predicted molar refractivity (Wildman–Crippen MR) is 89.2 cm³/mol. The number of nitrogens with one attached hydrogen (secondary N) is 1. The molecule has 5 atom stereocenters. The first kappa shape index (κ1) is 16.7. The lowest BCUT2D eigenvalue weighted by atomic mass is 9.87. The second kappa shape index (κ2) is 7.18. The number of carbonyl (C=O) groups is 2. The minimum atomic E-state index is -0.406. The molecule has 2 fully saturated rings. The summed E-state index contributed by atoms with van der Waals surface area (Å²) in [6.07, 6.45) is 5.52. The third-order valence-corrected chi connectivity index (χ3v) is 5.36. The largest absolute Gasteiger partial charge is 0.469 e. The maximum atomic E-state index is 12.2. The van der Waals surface area contributed by atoms with Crippen molar-refractivity contribution in [1.82, 2.24) is 0 Å². The standard InChI is InChI=1S/C19H23NO4/c1-20-14-9-10-15(20)18(19(22)23-2)16(12-14)24-17(21)11-8-13-6-4-3-5-7-13/h3-8,11,14-16,18H,9-10,12H2,1-2H3/p+1/b11-8+/t14-,15-,16+,18-/m1/s1. The molecule has 0 aliphatic carbocycles. The molecule has 0 aromatic heterocycles. The Morgan fingerprint density at radius 3 is 2.67 bits per heavy atom. The van der Waals surface area contributed by atoms with E-state index in [1.165, 1.54) is 18.1 Å². The van der Waals surface area contributed by atoms with E-state index in [-0.39, 0.29) is 17.9 Å². The van der Waals surface area contributed by atoms with Gasteiger partial charge in [0.2, 0.25) is 0 Å². The van der Waals surface area contributed by atoms with E-state index in [4.69, 9.17) is 9.47 Å². The molecule has 0 amide bonds. The van der Waals surface area contributed by atoms with E-state index in [1.54, 1.807) is 6.08 Å². The number of quaternary nitrogens is 1. The average Bonchev–Trinajstić information content (AvgIpc) is 2.83. The summed E-state index contributed by atoms with van der Waals surface area (Å²) in [5.74, 6) is -1.05. The van der Waals surface area contributed by atoms with Crippen molar-refractivity contribution in [2.24, 2.45) is 5.92 Å². The molecule has 2 bridgehead atoms. The highest BCUT2D eigenvalue weighted by Crippen LogP contribution is 2.30. The van der Waals surface area contributed by atoms with Crippen molar-refractivity contribution in [3.05, 3.63) is 42.0 Å². The topological polar surface area (TPSA) is 57.0 Å². The Bertz CT molecular complexity index is 628. The number of carbonyl (C=O) groups excluding carboxylic acids is 2. The highest BCUT2D eigenvalue weighted by molar-refractivity contribution is 5.87. The normalized spacial score (nSPS) is 31.8. The molecular weight excluding hydrogens is 306 g/mol. The zero-order chi connectivity index (χ0) is 17.1. The summed E-state index contributed by atoms with van der Waals surface area (Å²) >= 11 is 0. The smallest absolute Gasteiger partial charge is 0.331 e. The highest BCUT2D eigenvalue weighted by Gasteiger charge is 2.54. The van der Waals surface area contributed by atoms with E-state index in [2.05, 4.69) is 7.05 Å². The van der Waals surface area contributed by atoms with Gasteiger partial charge in [-0.2, -0.15) is 0 Å². The first-order valence-corrected chi connectivity index (χ1v) is 8.45. The number of methoxy groups -OCH3 is 1. The lowest BCUT2D eigenvalue weighted by Crippen LogP contribution is -3.16. The number of hydrogen-bond acceptors (Lipinski definition) is 4. The molecular formula is C19H24NO4+. The van der Waals surface area contributed by atoms with Crippen LogP contribution in [0.2, 0.25) is 0 Å². The Balaban J connectivity index is 1.69. The Hall–Kier alpha value is -2.14. The fourth-order valence-corrected chi connectivity index (χ4v) is 4.08. The summed E-state index contributed by atoms with van der Waals surface area (Å²) in [6.45, 7) is 0. The number of rotatable bonds is 4. The van der Waals surface area contributed by atoms with E-state index >= 15 is 0 Å². The number of benzene rings is 1. The molecule has 5 nitrogen and oxygen atoms in total. The number of hydrogen-bond donors (Lipinski definition) is 1. The second-order valence-electron chi connectivity index (χ2n) is 6.63. The summed E-state index contributed by atoms with van der Waals surface area (Å²) in [5, 5.41) is 0. The van der Waals surface area contributed by atoms with E-state index < -0.39 is 12.1 Å². The molecule has 1 aromatic rings. The van der Waals surface area contributed by atoms with Crippen LogP contribution in [-0.4, -0.2) is 44.3 Å². The minimum Gasteiger partial charge on any atom is -0.469 e. The van der Waals surface area contributed by atoms with Crippen LogP contribution in [0.25, 0.3) is 6.08 Å². The Morgan fingerprint density at radius 2 is 1.96 bits per heavy atom. The van der Waals surface area contributed by atoms with Gasteiger partial charge in [-0.15, -0.1) is 0 Å². The van der Waals surface area contributed by atoms with Gasteiger partial charge in [0.25, 0.3) is 0 Å². The molecule has 1 unspecified atom stereocenters. The number of ether oxygens (including phenoxy) is 2. The van der Waals surface area contributed by atoms with Crippen molar-refractivity contribution in [2.45, 2.75) is 37.5 Å².